The molecule has 0 aromatic rings. The van der Waals surface area contributed by atoms with Gasteiger partial charge >= 0.3 is 5.97 Å². The third kappa shape index (κ3) is 7.07. The molecule has 2 N–H and O–H groups in total. The Hall–Kier alpha value is -1.64. The van der Waals surface area contributed by atoms with Gasteiger partial charge in [0.05, 0.1) is 25.2 Å². The lowest BCUT2D eigenvalue weighted by molar-refractivity contribution is -0.150. The maximum atomic E-state index is 12.6. The zero-order chi connectivity index (χ0) is 21.1. The van der Waals surface area contributed by atoms with Crippen molar-refractivity contribution in [3.8, 4) is 11.8 Å². The highest BCUT2D eigenvalue weighted by Crippen LogP contribution is 2.38. The molecule has 1 fully saturated rings. The standard InChI is InChI=1S/C23H36O5/c1-5-7-9-11-16(3)19(24)14-13-17-20(25)15-21(26)22(17)18(23(27)28-4)12-10-8-6-2/h13-14,16-20,22,24-25H,5-6,8,10-12,15H2,1-4H3/b14-13+/t16-,17-,18?,19?,20+,22+/m0/s1. The van der Waals surface area contributed by atoms with E-state index in [0.717, 1.165) is 25.7 Å². The summed E-state index contributed by atoms with van der Waals surface area (Å²) in [7, 11) is 1.33. The van der Waals surface area contributed by atoms with E-state index in [1.165, 1.54) is 7.11 Å². The molecule has 28 heavy (non-hydrogen) atoms. The van der Waals surface area contributed by atoms with E-state index >= 15 is 0 Å². The van der Waals surface area contributed by atoms with E-state index in [2.05, 4.69) is 18.8 Å². The van der Waals surface area contributed by atoms with Gasteiger partial charge in [-0.15, -0.1) is 11.8 Å². The van der Waals surface area contributed by atoms with E-state index in [4.69, 9.17) is 4.74 Å². The molecule has 0 saturated heterocycles. The van der Waals surface area contributed by atoms with E-state index in [1.807, 2.05) is 13.8 Å². The summed E-state index contributed by atoms with van der Waals surface area (Å²) in [6.45, 7) is 5.97. The first kappa shape index (κ1) is 24.4. The lowest BCUT2D eigenvalue weighted by atomic mass is 9.79. The Morgan fingerprint density at radius 1 is 1.32 bits per heavy atom. The number of aliphatic hydroxyl groups excluding tert-OH is 2. The maximum Gasteiger partial charge on any atom is 0.309 e. The molecule has 1 rings (SSSR count). The second-order valence-corrected chi connectivity index (χ2v) is 7.73. The van der Waals surface area contributed by atoms with Crippen molar-refractivity contribution in [2.45, 2.75) is 77.9 Å². The smallest absolute Gasteiger partial charge is 0.309 e. The molecule has 5 nitrogen and oxygen atoms in total. The molecule has 0 radical (unpaired) electrons. The number of ether oxygens (including phenoxy) is 1. The Bertz CT molecular complexity index is 586. The van der Waals surface area contributed by atoms with Crippen LogP contribution in [0.15, 0.2) is 12.2 Å². The van der Waals surface area contributed by atoms with Crippen molar-refractivity contribution >= 4 is 11.8 Å². The van der Waals surface area contributed by atoms with Crippen molar-refractivity contribution in [3.05, 3.63) is 12.2 Å². The average Bonchev–Trinajstić information content (AvgIpc) is 2.95. The first-order valence-electron chi connectivity index (χ1n) is 10.5. The third-order valence-electron chi connectivity index (χ3n) is 5.54. The molecule has 1 aliphatic rings. The second-order valence-electron chi connectivity index (χ2n) is 7.73. The van der Waals surface area contributed by atoms with Gasteiger partial charge in [-0.25, -0.2) is 0 Å². The molecule has 6 atom stereocenters. The summed E-state index contributed by atoms with van der Waals surface area (Å²) in [5.74, 6) is 3.82. The van der Waals surface area contributed by atoms with Gasteiger partial charge in [0.2, 0.25) is 0 Å². The molecule has 0 bridgehead atoms. The Morgan fingerprint density at radius 3 is 2.64 bits per heavy atom. The van der Waals surface area contributed by atoms with Crippen molar-refractivity contribution in [3.63, 3.8) is 0 Å². The summed E-state index contributed by atoms with van der Waals surface area (Å²) in [4.78, 5) is 24.9. The fourth-order valence-corrected chi connectivity index (χ4v) is 3.79. The van der Waals surface area contributed by atoms with Crippen LogP contribution in [0, 0.1) is 35.5 Å². The molecule has 1 saturated carbocycles. The van der Waals surface area contributed by atoms with Crippen LogP contribution in [0.1, 0.15) is 65.7 Å². The Balaban J connectivity index is 2.93. The third-order valence-corrected chi connectivity index (χ3v) is 5.54. The quantitative estimate of drug-likeness (QED) is 0.258. The summed E-state index contributed by atoms with van der Waals surface area (Å²) in [5.41, 5.74) is 0. The average molecular weight is 393 g/mol. The molecule has 0 spiro atoms. The predicted octanol–water partition coefficient (Wildman–Crippen LogP) is 3.28. The first-order chi connectivity index (χ1) is 13.4. The van der Waals surface area contributed by atoms with Crippen LogP contribution >= 0.6 is 0 Å². The number of methoxy groups -OCH3 is 1. The van der Waals surface area contributed by atoms with E-state index in [-0.39, 0.29) is 18.1 Å². The maximum absolute atomic E-state index is 12.6. The van der Waals surface area contributed by atoms with Crippen LogP contribution in [0.25, 0.3) is 0 Å². The van der Waals surface area contributed by atoms with E-state index in [1.54, 1.807) is 12.2 Å². The van der Waals surface area contributed by atoms with E-state index in [9.17, 15) is 19.8 Å². The van der Waals surface area contributed by atoms with Gasteiger partial charge in [0.15, 0.2) is 0 Å². The molecule has 0 amide bonds. The summed E-state index contributed by atoms with van der Waals surface area (Å²) < 4.78 is 4.94. The second kappa shape index (κ2) is 12.7. The fourth-order valence-electron chi connectivity index (χ4n) is 3.79. The summed E-state index contributed by atoms with van der Waals surface area (Å²) in [6, 6.07) is 0. The molecule has 158 valence electrons. The zero-order valence-electron chi connectivity index (χ0n) is 17.7. The molecule has 5 heteroatoms. The van der Waals surface area contributed by atoms with Gasteiger partial charge in [0.1, 0.15) is 5.78 Å². The molecular formula is C23H36O5. The zero-order valence-corrected chi connectivity index (χ0v) is 17.7. The van der Waals surface area contributed by atoms with Crippen LogP contribution < -0.4 is 0 Å². The Kier molecular flexibility index (Phi) is 11.1. The normalized spacial score (nSPS) is 25.2. The number of Topliss-reactive ketones (excluding diaryl/α,β-unsaturated/α-hetero) is 1. The minimum atomic E-state index is -0.838. The summed E-state index contributed by atoms with van der Waals surface area (Å²) >= 11 is 0. The van der Waals surface area contributed by atoms with Gasteiger partial charge in [-0.3, -0.25) is 9.59 Å². The number of hydrogen-bond acceptors (Lipinski definition) is 5. The van der Waals surface area contributed by atoms with E-state index < -0.39 is 35.9 Å². The van der Waals surface area contributed by atoms with Crippen molar-refractivity contribution in [1.29, 1.82) is 0 Å². The first-order valence-corrected chi connectivity index (χ1v) is 10.5. The molecule has 0 aliphatic heterocycles. The Labute approximate surface area is 169 Å². The lowest BCUT2D eigenvalue weighted by Crippen LogP contribution is -2.33. The van der Waals surface area contributed by atoms with Crippen molar-refractivity contribution < 1.29 is 24.5 Å². The van der Waals surface area contributed by atoms with Crippen LogP contribution in [-0.2, 0) is 14.3 Å². The van der Waals surface area contributed by atoms with Gasteiger partial charge in [0, 0.05) is 31.1 Å². The van der Waals surface area contributed by atoms with Crippen LogP contribution in [0.2, 0.25) is 0 Å². The van der Waals surface area contributed by atoms with Gasteiger partial charge in [-0.1, -0.05) is 52.2 Å². The number of hydrogen-bond donors (Lipinski definition) is 2. The van der Waals surface area contributed by atoms with Gasteiger partial charge in [0.25, 0.3) is 0 Å². The van der Waals surface area contributed by atoms with E-state index in [0.29, 0.717) is 12.8 Å². The number of aliphatic hydroxyl groups is 2. The highest BCUT2D eigenvalue weighted by atomic mass is 16.5. The molecule has 2 unspecified atom stereocenters. The summed E-state index contributed by atoms with van der Waals surface area (Å²) in [6.07, 6.45) is 6.59. The van der Waals surface area contributed by atoms with Crippen molar-refractivity contribution in [2.24, 2.45) is 23.7 Å². The number of rotatable bonds is 10. The monoisotopic (exact) mass is 392 g/mol. The highest BCUT2D eigenvalue weighted by Gasteiger charge is 2.47. The van der Waals surface area contributed by atoms with Gasteiger partial charge in [-0.2, -0.15) is 0 Å². The molecule has 0 aromatic heterocycles. The van der Waals surface area contributed by atoms with Gasteiger partial charge < -0.3 is 14.9 Å². The van der Waals surface area contributed by atoms with Crippen LogP contribution in [-0.4, -0.2) is 41.3 Å². The number of esters is 1. The van der Waals surface area contributed by atoms with Crippen molar-refractivity contribution in [1.82, 2.24) is 0 Å². The Morgan fingerprint density at radius 2 is 2.04 bits per heavy atom. The van der Waals surface area contributed by atoms with Crippen LogP contribution in [0.5, 0.6) is 0 Å². The lowest BCUT2D eigenvalue weighted by Gasteiger charge is -2.25. The number of carbonyl (C=O) groups is 2. The largest absolute Gasteiger partial charge is 0.469 e. The number of carbonyl (C=O) groups excluding carboxylic acids is 2. The SMILES string of the molecule is CCC#CC[C@H](C)C(O)/C=C/[C@H]1[C@H](O)CC(=O)[C@H]1C(CCCCC)C(=O)OC. The minimum Gasteiger partial charge on any atom is -0.469 e. The van der Waals surface area contributed by atoms with Crippen LogP contribution in [0.4, 0.5) is 0 Å². The molecule has 0 aromatic carbocycles. The number of unbranched alkanes of at least 4 members (excludes halogenated alkanes) is 2. The summed E-state index contributed by atoms with van der Waals surface area (Å²) in [5, 5.41) is 20.8. The topological polar surface area (TPSA) is 83.8 Å². The minimum absolute atomic E-state index is 0.0363. The van der Waals surface area contributed by atoms with Crippen LogP contribution in [0.3, 0.4) is 0 Å². The molecular weight excluding hydrogens is 356 g/mol. The predicted molar refractivity (Wildman–Crippen MR) is 109 cm³/mol. The number of ketones is 1. The van der Waals surface area contributed by atoms with Crippen molar-refractivity contribution in [2.75, 3.05) is 7.11 Å². The fraction of sp³-hybridized carbons (Fsp3) is 0.739. The highest BCUT2D eigenvalue weighted by molar-refractivity contribution is 5.89. The van der Waals surface area contributed by atoms with Gasteiger partial charge in [-0.05, 0) is 12.3 Å². The molecule has 0 heterocycles. The molecule has 1 aliphatic carbocycles.